The summed E-state index contributed by atoms with van der Waals surface area (Å²) in [6.07, 6.45) is 3.08. The summed E-state index contributed by atoms with van der Waals surface area (Å²) in [5, 5.41) is 13.3. The van der Waals surface area contributed by atoms with Crippen molar-refractivity contribution in [3.05, 3.63) is 27.2 Å². The van der Waals surface area contributed by atoms with E-state index in [2.05, 4.69) is 5.10 Å². The van der Waals surface area contributed by atoms with Crippen LogP contribution in [0.5, 0.6) is 0 Å². The van der Waals surface area contributed by atoms with Crippen LogP contribution < -0.4 is 5.56 Å². The Hall–Kier alpha value is -2.16. The largest absolute Gasteiger partial charge is 0.336 e. The number of likely N-dealkylation sites (tertiary alicyclic amines) is 1. The summed E-state index contributed by atoms with van der Waals surface area (Å²) in [5.74, 6) is -0.110. The predicted molar refractivity (Wildman–Crippen MR) is 82.3 cm³/mol. The van der Waals surface area contributed by atoms with Gasteiger partial charge in [-0.2, -0.15) is 10.4 Å². The van der Waals surface area contributed by atoms with Gasteiger partial charge in [0.1, 0.15) is 18.2 Å². The van der Waals surface area contributed by atoms with Crippen molar-refractivity contribution < 1.29 is 4.79 Å². The molecule has 0 N–H and O–H groups in total. The molecule has 1 saturated heterocycles. The number of piperidine rings is 1. The Morgan fingerprint density at radius 1 is 1.32 bits per heavy atom. The van der Waals surface area contributed by atoms with E-state index in [4.69, 9.17) is 5.26 Å². The van der Waals surface area contributed by atoms with Crippen molar-refractivity contribution in [3.63, 3.8) is 0 Å². The van der Waals surface area contributed by atoms with E-state index < -0.39 is 5.56 Å². The van der Waals surface area contributed by atoms with E-state index >= 15 is 0 Å². The van der Waals surface area contributed by atoms with Crippen molar-refractivity contribution in [1.29, 1.82) is 5.26 Å². The number of aryl methyl sites for hydroxylation is 1. The third kappa shape index (κ3) is 2.89. The van der Waals surface area contributed by atoms with Crippen molar-refractivity contribution in [2.24, 2.45) is 0 Å². The van der Waals surface area contributed by atoms with Gasteiger partial charge in [-0.15, -0.1) is 0 Å². The van der Waals surface area contributed by atoms with E-state index in [1.54, 1.807) is 13.8 Å². The normalized spacial score (nSPS) is 21.5. The quantitative estimate of drug-likeness (QED) is 0.829. The number of aromatic nitrogens is 2. The van der Waals surface area contributed by atoms with Crippen LogP contribution in [-0.2, 0) is 11.3 Å². The number of carbonyl (C=O) groups is 1. The van der Waals surface area contributed by atoms with Crippen molar-refractivity contribution >= 4 is 5.91 Å². The highest BCUT2D eigenvalue weighted by Gasteiger charge is 2.29. The first-order valence-electron chi connectivity index (χ1n) is 7.66. The van der Waals surface area contributed by atoms with E-state index in [0.29, 0.717) is 11.3 Å². The second kappa shape index (κ2) is 6.30. The molecular formula is C16H22N4O2. The molecule has 2 atom stereocenters. The van der Waals surface area contributed by atoms with Crippen molar-refractivity contribution in [1.82, 2.24) is 14.7 Å². The van der Waals surface area contributed by atoms with E-state index in [-0.39, 0.29) is 30.1 Å². The van der Waals surface area contributed by atoms with Gasteiger partial charge in [0.05, 0.1) is 5.69 Å². The number of rotatable bonds is 2. The molecule has 6 nitrogen and oxygen atoms in total. The first kappa shape index (κ1) is 16.2. The van der Waals surface area contributed by atoms with Crippen LogP contribution in [0.3, 0.4) is 0 Å². The van der Waals surface area contributed by atoms with Gasteiger partial charge in [-0.1, -0.05) is 0 Å². The zero-order chi connectivity index (χ0) is 16.4. The van der Waals surface area contributed by atoms with E-state index in [0.717, 1.165) is 23.9 Å². The molecule has 1 aromatic rings. The fraction of sp³-hybridized carbons (Fsp3) is 0.625. The Balaban J connectivity index is 2.31. The van der Waals surface area contributed by atoms with Crippen LogP contribution in [0.25, 0.3) is 0 Å². The Labute approximate surface area is 130 Å². The van der Waals surface area contributed by atoms with Crippen LogP contribution in [0.4, 0.5) is 0 Å². The molecule has 1 aliphatic rings. The molecular weight excluding hydrogens is 280 g/mol. The van der Waals surface area contributed by atoms with E-state index in [9.17, 15) is 9.59 Å². The van der Waals surface area contributed by atoms with Gasteiger partial charge in [-0.25, -0.2) is 4.68 Å². The van der Waals surface area contributed by atoms with Gasteiger partial charge < -0.3 is 4.90 Å². The van der Waals surface area contributed by atoms with Crippen LogP contribution in [-0.4, -0.2) is 32.7 Å². The standard InChI is InChI=1S/C16H22N4O2/c1-10-6-5-7-11(2)20(10)15(21)9-19-16(22)14(8-17)12(3)13(4)18-19/h10-11H,5-7,9H2,1-4H3/t10-,11-/m1/s1. The number of hydrogen-bond acceptors (Lipinski definition) is 4. The summed E-state index contributed by atoms with van der Waals surface area (Å²) in [7, 11) is 0. The number of hydrogen-bond donors (Lipinski definition) is 0. The van der Waals surface area contributed by atoms with Crippen molar-refractivity contribution in [3.8, 4) is 6.07 Å². The molecule has 0 unspecified atom stereocenters. The Bertz CT molecular complexity index is 677. The first-order valence-corrected chi connectivity index (χ1v) is 7.66. The number of amides is 1. The Kier molecular flexibility index (Phi) is 4.65. The highest BCUT2D eigenvalue weighted by Crippen LogP contribution is 2.22. The van der Waals surface area contributed by atoms with E-state index in [1.165, 1.54) is 0 Å². The Morgan fingerprint density at radius 2 is 1.91 bits per heavy atom. The molecule has 2 rings (SSSR count). The molecule has 6 heteroatoms. The number of carbonyl (C=O) groups excluding carboxylic acids is 1. The average Bonchev–Trinajstić information content (AvgIpc) is 2.45. The van der Waals surface area contributed by atoms with Crippen LogP contribution in [0, 0.1) is 25.2 Å². The molecule has 1 fully saturated rings. The lowest BCUT2D eigenvalue weighted by molar-refractivity contribution is -0.138. The van der Waals surface area contributed by atoms with Gasteiger partial charge in [-0.05, 0) is 52.5 Å². The fourth-order valence-electron chi connectivity index (χ4n) is 3.13. The SMILES string of the molecule is Cc1nn(CC(=O)N2[C@H](C)CCC[C@H]2C)c(=O)c(C#N)c1C. The molecule has 1 aliphatic heterocycles. The van der Waals surface area contributed by atoms with Crippen LogP contribution in [0.1, 0.15) is 49.9 Å². The zero-order valence-electron chi connectivity index (χ0n) is 13.6. The minimum Gasteiger partial charge on any atom is -0.336 e. The molecule has 0 aliphatic carbocycles. The third-order valence-corrected chi connectivity index (χ3v) is 4.52. The summed E-state index contributed by atoms with van der Waals surface area (Å²) in [6, 6.07) is 2.27. The molecule has 0 bridgehead atoms. The lowest BCUT2D eigenvalue weighted by atomic mass is 9.97. The van der Waals surface area contributed by atoms with Gasteiger partial charge in [0, 0.05) is 12.1 Å². The lowest BCUT2D eigenvalue weighted by Gasteiger charge is -2.39. The minimum absolute atomic E-state index is 0.0695. The summed E-state index contributed by atoms with van der Waals surface area (Å²) in [6.45, 7) is 7.39. The maximum absolute atomic E-state index is 12.6. The maximum atomic E-state index is 12.6. The highest BCUT2D eigenvalue weighted by atomic mass is 16.2. The van der Waals surface area contributed by atoms with Crippen molar-refractivity contribution in [2.45, 2.75) is 65.6 Å². The van der Waals surface area contributed by atoms with Crippen LogP contribution in [0.2, 0.25) is 0 Å². The first-order chi connectivity index (χ1) is 10.4. The second-order valence-electron chi connectivity index (χ2n) is 6.09. The van der Waals surface area contributed by atoms with Gasteiger partial charge >= 0.3 is 0 Å². The molecule has 0 radical (unpaired) electrons. The average molecular weight is 302 g/mol. The lowest BCUT2D eigenvalue weighted by Crippen LogP contribution is -2.49. The number of nitriles is 1. The van der Waals surface area contributed by atoms with Crippen LogP contribution >= 0.6 is 0 Å². The molecule has 1 aromatic heterocycles. The molecule has 0 spiro atoms. The molecule has 118 valence electrons. The molecule has 22 heavy (non-hydrogen) atoms. The monoisotopic (exact) mass is 302 g/mol. The van der Waals surface area contributed by atoms with Gasteiger partial charge in [0.25, 0.3) is 5.56 Å². The molecule has 1 amide bonds. The fourth-order valence-corrected chi connectivity index (χ4v) is 3.13. The predicted octanol–water partition coefficient (Wildman–Crippen LogP) is 1.52. The smallest absolute Gasteiger partial charge is 0.285 e. The Morgan fingerprint density at radius 3 is 2.45 bits per heavy atom. The summed E-state index contributed by atoms with van der Waals surface area (Å²) < 4.78 is 1.12. The maximum Gasteiger partial charge on any atom is 0.285 e. The van der Waals surface area contributed by atoms with Gasteiger partial charge in [0.15, 0.2) is 0 Å². The third-order valence-electron chi connectivity index (χ3n) is 4.52. The summed E-state index contributed by atoms with van der Waals surface area (Å²) >= 11 is 0. The molecule has 0 aromatic carbocycles. The van der Waals surface area contributed by atoms with Crippen LogP contribution in [0.15, 0.2) is 4.79 Å². The summed E-state index contributed by atoms with van der Waals surface area (Å²) in [4.78, 5) is 26.7. The van der Waals surface area contributed by atoms with Gasteiger partial charge in [-0.3, -0.25) is 9.59 Å². The van der Waals surface area contributed by atoms with Gasteiger partial charge in [0.2, 0.25) is 5.91 Å². The highest BCUT2D eigenvalue weighted by molar-refractivity contribution is 5.76. The molecule has 2 heterocycles. The minimum atomic E-state index is -0.490. The van der Waals surface area contributed by atoms with Crippen molar-refractivity contribution in [2.75, 3.05) is 0 Å². The topological polar surface area (TPSA) is 79.0 Å². The van der Waals surface area contributed by atoms with E-state index in [1.807, 2.05) is 24.8 Å². The molecule has 0 saturated carbocycles. The zero-order valence-corrected chi connectivity index (χ0v) is 13.6. The number of nitrogens with zero attached hydrogens (tertiary/aromatic N) is 4. The second-order valence-corrected chi connectivity index (χ2v) is 6.09. The summed E-state index contributed by atoms with van der Waals surface area (Å²) in [5.41, 5.74) is 0.760.